The molecule has 1 saturated heterocycles. The highest BCUT2D eigenvalue weighted by molar-refractivity contribution is 5.69. The van der Waals surface area contributed by atoms with Crippen LogP contribution >= 0.6 is 0 Å². The topological polar surface area (TPSA) is 58.6 Å². The van der Waals surface area contributed by atoms with Crippen molar-refractivity contribution in [2.24, 2.45) is 5.92 Å². The number of halogens is 2. The van der Waals surface area contributed by atoms with Crippen molar-refractivity contribution in [3.05, 3.63) is 0 Å². The fourth-order valence-electron chi connectivity index (χ4n) is 1.37. The predicted octanol–water partition coefficient (Wildman–Crippen LogP) is 0.721. The highest BCUT2D eigenvalue weighted by atomic mass is 19.3. The van der Waals surface area contributed by atoms with Gasteiger partial charge in [0.15, 0.2) is 0 Å². The second-order valence-electron chi connectivity index (χ2n) is 3.91. The molecule has 6 heteroatoms. The van der Waals surface area contributed by atoms with Crippen LogP contribution in [-0.4, -0.2) is 42.8 Å². The van der Waals surface area contributed by atoms with Crippen LogP contribution in [0.25, 0.3) is 0 Å². The molecule has 0 spiro atoms. The van der Waals surface area contributed by atoms with Crippen LogP contribution in [0.5, 0.6) is 0 Å². The molecule has 0 radical (unpaired) electrons. The molecule has 1 aliphatic heterocycles. The van der Waals surface area contributed by atoms with Crippen LogP contribution in [0.1, 0.15) is 13.3 Å². The molecule has 1 fully saturated rings. The maximum Gasteiger partial charge on any atom is 0.308 e. The fourth-order valence-corrected chi connectivity index (χ4v) is 1.37. The van der Waals surface area contributed by atoms with Gasteiger partial charge in [-0.2, -0.15) is 0 Å². The molecule has 0 aliphatic carbocycles. The molecule has 0 aromatic heterocycles. The maximum atomic E-state index is 12.7. The number of rotatable bonds is 5. The van der Waals surface area contributed by atoms with Gasteiger partial charge in [0.1, 0.15) is 0 Å². The summed E-state index contributed by atoms with van der Waals surface area (Å²) in [6, 6.07) is -0.374. The number of hydrogen-bond donors (Lipinski definition) is 2. The third-order valence-electron chi connectivity index (χ3n) is 2.30. The molecule has 1 heterocycles. The van der Waals surface area contributed by atoms with E-state index in [-0.39, 0.29) is 32.2 Å². The minimum atomic E-state index is -2.66. The van der Waals surface area contributed by atoms with E-state index in [9.17, 15) is 13.6 Å². The SMILES string of the molecule is C[C@@H](COC[C@@H]1CC(F)(F)CN1)C(=O)O. The van der Waals surface area contributed by atoms with Gasteiger partial charge in [-0.05, 0) is 6.92 Å². The molecule has 2 atom stereocenters. The smallest absolute Gasteiger partial charge is 0.308 e. The number of hydrogen-bond acceptors (Lipinski definition) is 3. The van der Waals surface area contributed by atoms with E-state index >= 15 is 0 Å². The summed E-state index contributed by atoms with van der Waals surface area (Å²) in [5, 5.41) is 11.2. The van der Waals surface area contributed by atoms with Gasteiger partial charge in [-0.25, -0.2) is 8.78 Å². The number of aliphatic carboxylic acids is 1. The van der Waals surface area contributed by atoms with E-state index in [1.165, 1.54) is 6.92 Å². The van der Waals surface area contributed by atoms with Gasteiger partial charge in [-0.15, -0.1) is 0 Å². The molecule has 0 bridgehead atoms. The van der Waals surface area contributed by atoms with Crippen LogP contribution in [0.4, 0.5) is 8.78 Å². The van der Waals surface area contributed by atoms with E-state index in [1.807, 2.05) is 0 Å². The van der Waals surface area contributed by atoms with Crippen molar-refractivity contribution in [3.8, 4) is 0 Å². The Kier molecular flexibility index (Phi) is 3.98. The zero-order valence-corrected chi connectivity index (χ0v) is 8.50. The first-order valence-corrected chi connectivity index (χ1v) is 4.82. The van der Waals surface area contributed by atoms with E-state index in [1.54, 1.807) is 0 Å². The molecule has 1 rings (SSSR count). The average molecular weight is 223 g/mol. The molecule has 15 heavy (non-hydrogen) atoms. The third-order valence-corrected chi connectivity index (χ3v) is 2.30. The van der Waals surface area contributed by atoms with E-state index in [4.69, 9.17) is 9.84 Å². The molecular weight excluding hydrogens is 208 g/mol. The van der Waals surface area contributed by atoms with E-state index in [2.05, 4.69) is 5.32 Å². The highest BCUT2D eigenvalue weighted by Crippen LogP contribution is 2.25. The predicted molar refractivity (Wildman–Crippen MR) is 49.0 cm³/mol. The van der Waals surface area contributed by atoms with Crippen molar-refractivity contribution in [2.75, 3.05) is 19.8 Å². The summed E-state index contributed by atoms with van der Waals surface area (Å²) in [6.07, 6.45) is -0.242. The minimum Gasteiger partial charge on any atom is -0.481 e. The van der Waals surface area contributed by atoms with E-state index in [0.29, 0.717) is 0 Å². The zero-order valence-electron chi connectivity index (χ0n) is 8.50. The Morgan fingerprint density at radius 2 is 2.40 bits per heavy atom. The normalized spacial score (nSPS) is 26.5. The van der Waals surface area contributed by atoms with Crippen molar-refractivity contribution in [3.63, 3.8) is 0 Å². The van der Waals surface area contributed by atoms with Gasteiger partial charge in [0.2, 0.25) is 0 Å². The molecule has 0 unspecified atom stereocenters. The molecule has 0 aromatic rings. The van der Waals surface area contributed by atoms with Gasteiger partial charge in [-0.1, -0.05) is 0 Å². The van der Waals surface area contributed by atoms with E-state index < -0.39 is 17.8 Å². The molecule has 0 aromatic carbocycles. The Morgan fingerprint density at radius 3 is 2.87 bits per heavy atom. The fraction of sp³-hybridized carbons (Fsp3) is 0.889. The second kappa shape index (κ2) is 4.85. The van der Waals surface area contributed by atoms with Crippen molar-refractivity contribution in [2.45, 2.75) is 25.3 Å². The van der Waals surface area contributed by atoms with Gasteiger partial charge < -0.3 is 15.2 Å². The molecule has 88 valence electrons. The van der Waals surface area contributed by atoms with Gasteiger partial charge in [0.25, 0.3) is 5.92 Å². The number of nitrogens with one attached hydrogen (secondary N) is 1. The van der Waals surface area contributed by atoms with Crippen LogP contribution in [0, 0.1) is 5.92 Å². The summed E-state index contributed by atoms with van der Waals surface area (Å²) < 4.78 is 30.5. The molecule has 4 nitrogen and oxygen atoms in total. The average Bonchev–Trinajstić information content (AvgIpc) is 2.45. The van der Waals surface area contributed by atoms with Crippen LogP contribution in [0.3, 0.4) is 0 Å². The number of alkyl halides is 2. The Balaban J connectivity index is 2.14. The summed E-state index contributed by atoms with van der Waals surface area (Å²) in [4.78, 5) is 10.4. The first-order valence-electron chi connectivity index (χ1n) is 4.82. The first kappa shape index (κ1) is 12.3. The van der Waals surface area contributed by atoms with Crippen LogP contribution < -0.4 is 5.32 Å². The van der Waals surface area contributed by atoms with Crippen molar-refractivity contribution in [1.82, 2.24) is 5.32 Å². The molecule has 0 amide bonds. The molecule has 2 N–H and O–H groups in total. The van der Waals surface area contributed by atoms with Gasteiger partial charge in [-0.3, -0.25) is 4.79 Å². The molecule has 0 saturated carbocycles. The third kappa shape index (κ3) is 4.09. The van der Waals surface area contributed by atoms with E-state index in [0.717, 1.165) is 0 Å². The van der Waals surface area contributed by atoms with Crippen molar-refractivity contribution >= 4 is 5.97 Å². The number of carbonyl (C=O) groups is 1. The first-order chi connectivity index (χ1) is 6.91. The van der Waals surface area contributed by atoms with Crippen LogP contribution in [0.2, 0.25) is 0 Å². The lowest BCUT2D eigenvalue weighted by molar-refractivity contribution is -0.143. The Morgan fingerprint density at radius 1 is 1.73 bits per heavy atom. The molecule has 1 aliphatic rings. The van der Waals surface area contributed by atoms with Crippen molar-refractivity contribution in [1.29, 1.82) is 0 Å². The lowest BCUT2D eigenvalue weighted by Crippen LogP contribution is -2.28. The van der Waals surface area contributed by atoms with Gasteiger partial charge in [0.05, 0.1) is 25.7 Å². The number of ether oxygens (including phenoxy) is 1. The minimum absolute atomic E-state index is 0.0546. The Hall–Kier alpha value is -0.750. The lowest BCUT2D eigenvalue weighted by atomic mass is 10.2. The van der Waals surface area contributed by atoms with Crippen LogP contribution in [-0.2, 0) is 9.53 Å². The van der Waals surface area contributed by atoms with Crippen molar-refractivity contribution < 1.29 is 23.4 Å². The van der Waals surface area contributed by atoms with Gasteiger partial charge in [0, 0.05) is 12.5 Å². The number of carboxylic acid groups (broad SMARTS) is 1. The summed E-state index contributed by atoms with van der Waals surface area (Å²) in [6.45, 7) is 1.38. The second-order valence-corrected chi connectivity index (χ2v) is 3.91. The Labute approximate surface area is 86.6 Å². The standard InChI is InChI=1S/C9H15F2NO3/c1-6(8(13)14)3-15-4-7-2-9(10,11)5-12-7/h6-7,12H,2-5H2,1H3,(H,13,14)/t6-,7-/m0/s1. The summed E-state index contributed by atoms with van der Waals surface area (Å²) in [5.74, 6) is -4.21. The monoisotopic (exact) mass is 223 g/mol. The Bertz CT molecular complexity index is 235. The number of carboxylic acids is 1. The molecular formula is C9H15F2NO3. The maximum absolute atomic E-state index is 12.7. The lowest BCUT2D eigenvalue weighted by Gasteiger charge is -2.12. The quantitative estimate of drug-likeness (QED) is 0.721. The van der Waals surface area contributed by atoms with Crippen LogP contribution in [0.15, 0.2) is 0 Å². The summed E-state index contributed by atoms with van der Waals surface area (Å²) in [5.41, 5.74) is 0. The summed E-state index contributed by atoms with van der Waals surface area (Å²) in [7, 11) is 0. The largest absolute Gasteiger partial charge is 0.481 e. The highest BCUT2D eigenvalue weighted by Gasteiger charge is 2.39. The zero-order chi connectivity index (χ0) is 11.5. The summed E-state index contributed by atoms with van der Waals surface area (Å²) >= 11 is 0. The van der Waals surface area contributed by atoms with Gasteiger partial charge >= 0.3 is 5.97 Å².